The molecule has 0 saturated carbocycles. The molecule has 26 heavy (non-hydrogen) atoms. The molecular weight excluding hydrogens is 376 g/mol. The van der Waals surface area contributed by atoms with Gasteiger partial charge in [-0.25, -0.2) is 17.7 Å². The highest BCUT2D eigenvalue weighted by Crippen LogP contribution is 2.27. The maximum Gasteiger partial charge on any atom is 0.257 e. The van der Waals surface area contributed by atoms with Crippen LogP contribution in [0.4, 0.5) is 0 Å². The summed E-state index contributed by atoms with van der Waals surface area (Å²) in [5.74, 6) is 2.09. The van der Waals surface area contributed by atoms with Crippen LogP contribution in [-0.2, 0) is 22.2 Å². The molecule has 0 atom stereocenters. The van der Waals surface area contributed by atoms with Gasteiger partial charge >= 0.3 is 0 Å². The van der Waals surface area contributed by atoms with E-state index in [2.05, 4.69) is 29.0 Å². The normalized spacial score (nSPS) is 12.5. The predicted octanol–water partition coefficient (Wildman–Crippen LogP) is 2.95. The Morgan fingerprint density at radius 2 is 2.00 bits per heavy atom. The number of sulfonamides is 1. The second kappa shape index (κ2) is 7.37. The minimum atomic E-state index is -3.51. The fourth-order valence-electron chi connectivity index (χ4n) is 2.23. The van der Waals surface area contributed by atoms with Gasteiger partial charge in [0.2, 0.25) is 15.9 Å². The van der Waals surface area contributed by atoms with Crippen LogP contribution in [0.25, 0.3) is 11.1 Å². The Hall–Kier alpha value is -1.91. The van der Waals surface area contributed by atoms with Crippen LogP contribution in [0.5, 0.6) is 0 Å². The Balaban J connectivity index is 1.74. The molecule has 3 rings (SSSR count). The highest BCUT2D eigenvalue weighted by molar-refractivity contribution is 7.98. The van der Waals surface area contributed by atoms with Gasteiger partial charge < -0.3 is 8.94 Å². The number of benzene rings is 1. The fraction of sp³-hybridized carbons (Fsp3) is 0.438. The Kier molecular flexibility index (Phi) is 5.35. The van der Waals surface area contributed by atoms with E-state index in [1.54, 1.807) is 6.07 Å². The van der Waals surface area contributed by atoms with Gasteiger partial charge in [-0.15, -0.1) is 0 Å². The lowest BCUT2D eigenvalue weighted by atomic mass is 10.1. The van der Waals surface area contributed by atoms with Crippen molar-refractivity contribution >= 4 is 32.9 Å². The summed E-state index contributed by atoms with van der Waals surface area (Å²) in [6.45, 7) is 4.17. The van der Waals surface area contributed by atoms with Crippen molar-refractivity contribution in [1.29, 1.82) is 0 Å². The first-order valence-electron chi connectivity index (χ1n) is 8.03. The van der Waals surface area contributed by atoms with E-state index in [9.17, 15) is 8.42 Å². The van der Waals surface area contributed by atoms with Crippen molar-refractivity contribution in [3.63, 3.8) is 0 Å². The lowest BCUT2D eigenvalue weighted by Gasteiger charge is -2.10. The third kappa shape index (κ3) is 4.08. The summed E-state index contributed by atoms with van der Waals surface area (Å²) in [6.07, 6.45) is 0.740. The molecule has 0 spiro atoms. The van der Waals surface area contributed by atoms with Crippen molar-refractivity contribution in [2.75, 3.05) is 14.1 Å². The molecule has 0 aliphatic heterocycles. The molecule has 0 aliphatic carbocycles. The summed E-state index contributed by atoms with van der Waals surface area (Å²) < 4.78 is 36.4. The van der Waals surface area contributed by atoms with E-state index in [1.165, 1.54) is 38.0 Å². The van der Waals surface area contributed by atoms with Crippen LogP contribution in [0.15, 0.2) is 37.3 Å². The third-order valence-corrected chi connectivity index (χ3v) is 6.17. The first-order valence-corrected chi connectivity index (χ1v) is 10.5. The molecule has 10 heteroatoms. The van der Waals surface area contributed by atoms with Gasteiger partial charge in [0.1, 0.15) is 5.52 Å². The molecule has 0 bridgehead atoms. The Bertz CT molecular complexity index is 1010. The molecule has 0 fully saturated rings. The number of nitrogens with zero attached hydrogens (tertiary/aromatic N) is 4. The number of hydrogen-bond donors (Lipinski definition) is 0. The summed E-state index contributed by atoms with van der Waals surface area (Å²) in [5, 5.41) is 4.37. The van der Waals surface area contributed by atoms with Gasteiger partial charge in [-0.2, -0.15) is 4.98 Å². The highest BCUT2D eigenvalue weighted by Gasteiger charge is 2.19. The largest absolute Gasteiger partial charge is 0.431 e. The first kappa shape index (κ1) is 18.9. The van der Waals surface area contributed by atoms with Gasteiger partial charge in [0, 0.05) is 20.5 Å². The molecule has 1 aromatic carbocycles. The van der Waals surface area contributed by atoms with Crippen molar-refractivity contribution in [3.8, 4) is 0 Å². The van der Waals surface area contributed by atoms with Gasteiger partial charge in [0.25, 0.3) is 5.22 Å². The van der Waals surface area contributed by atoms with Crippen molar-refractivity contribution in [3.05, 3.63) is 29.9 Å². The molecular formula is C16H20N4O4S2. The molecule has 2 heterocycles. The minimum Gasteiger partial charge on any atom is -0.431 e. The molecule has 0 radical (unpaired) electrons. The van der Waals surface area contributed by atoms with Gasteiger partial charge in [0.05, 0.1) is 10.6 Å². The van der Waals surface area contributed by atoms with Crippen molar-refractivity contribution in [2.45, 2.75) is 36.1 Å². The number of rotatable bonds is 7. The molecule has 0 amide bonds. The van der Waals surface area contributed by atoms with Crippen LogP contribution < -0.4 is 0 Å². The number of oxazole rings is 1. The molecule has 0 aliphatic rings. The van der Waals surface area contributed by atoms with Gasteiger partial charge in [-0.3, -0.25) is 0 Å². The van der Waals surface area contributed by atoms with Crippen molar-refractivity contribution in [1.82, 2.24) is 19.4 Å². The van der Waals surface area contributed by atoms with E-state index in [4.69, 9.17) is 8.94 Å². The third-order valence-electron chi connectivity index (χ3n) is 3.54. The predicted molar refractivity (Wildman–Crippen MR) is 97.3 cm³/mol. The van der Waals surface area contributed by atoms with Gasteiger partial charge in [0.15, 0.2) is 11.4 Å². The lowest BCUT2D eigenvalue weighted by molar-refractivity contribution is 0.360. The molecule has 0 unspecified atom stereocenters. The van der Waals surface area contributed by atoms with E-state index >= 15 is 0 Å². The zero-order valence-electron chi connectivity index (χ0n) is 15.0. The molecule has 2 aromatic heterocycles. The van der Waals surface area contributed by atoms with E-state index in [0.717, 1.165) is 10.7 Å². The van der Waals surface area contributed by atoms with Gasteiger partial charge in [-0.1, -0.05) is 30.8 Å². The maximum absolute atomic E-state index is 12.2. The number of hydrogen-bond acceptors (Lipinski definition) is 8. The smallest absolute Gasteiger partial charge is 0.257 e. The topological polar surface area (TPSA) is 102 Å². The highest BCUT2D eigenvalue weighted by atomic mass is 32.2. The van der Waals surface area contributed by atoms with E-state index in [-0.39, 0.29) is 4.90 Å². The van der Waals surface area contributed by atoms with E-state index < -0.39 is 10.0 Å². The maximum atomic E-state index is 12.2. The summed E-state index contributed by atoms with van der Waals surface area (Å²) >= 11 is 1.33. The molecule has 0 saturated heterocycles. The molecule has 3 aromatic rings. The van der Waals surface area contributed by atoms with Crippen molar-refractivity contribution < 1.29 is 17.4 Å². The van der Waals surface area contributed by atoms with E-state index in [0.29, 0.717) is 39.7 Å². The average Bonchev–Trinajstić information content (AvgIpc) is 3.17. The second-order valence-electron chi connectivity index (χ2n) is 6.39. The zero-order chi connectivity index (χ0) is 18.9. The second-order valence-corrected chi connectivity index (χ2v) is 9.47. The number of aromatic nitrogens is 3. The minimum absolute atomic E-state index is 0.177. The average molecular weight is 396 g/mol. The van der Waals surface area contributed by atoms with Crippen LogP contribution in [0, 0.1) is 5.92 Å². The number of fused-ring (bicyclic) bond motifs is 1. The summed E-state index contributed by atoms with van der Waals surface area (Å²) in [6, 6.07) is 4.62. The quantitative estimate of drug-likeness (QED) is 0.562. The van der Waals surface area contributed by atoms with Crippen LogP contribution in [0.3, 0.4) is 0 Å². The van der Waals surface area contributed by atoms with Crippen LogP contribution >= 0.6 is 11.8 Å². The summed E-state index contributed by atoms with van der Waals surface area (Å²) in [7, 11) is -0.533. The Labute approximate surface area is 156 Å². The standard InChI is InChI=1S/C16H20N4O4S2/c1-10(2)7-15-18-14(19-24-15)9-25-16-17-12-8-11(5-6-13(12)23-16)26(21,22)20(3)4/h5-6,8,10H,7,9H2,1-4H3. The Morgan fingerprint density at radius 1 is 1.23 bits per heavy atom. The summed E-state index contributed by atoms with van der Waals surface area (Å²) in [4.78, 5) is 8.85. The van der Waals surface area contributed by atoms with Crippen LogP contribution in [-0.4, -0.2) is 41.9 Å². The monoisotopic (exact) mass is 396 g/mol. The lowest BCUT2D eigenvalue weighted by Crippen LogP contribution is -2.22. The zero-order valence-corrected chi connectivity index (χ0v) is 16.6. The van der Waals surface area contributed by atoms with Crippen molar-refractivity contribution in [2.24, 2.45) is 5.92 Å². The molecule has 8 nitrogen and oxygen atoms in total. The van der Waals surface area contributed by atoms with Crippen LogP contribution in [0.2, 0.25) is 0 Å². The summed E-state index contributed by atoms with van der Waals surface area (Å²) in [5.41, 5.74) is 1.02. The fourth-order valence-corrected chi connectivity index (χ4v) is 3.83. The van der Waals surface area contributed by atoms with Crippen LogP contribution in [0.1, 0.15) is 25.6 Å². The van der Waals surface area contributed by atoms with Gasteiger partial charge in [-0.05, 0) is 24.1 Å². The Morgan fingerprint density at radius 3 is 2.69 bits per heavy atom. The van der Waals surface area contributed by atoms with E-state index in [1.807, 2.05) is 0 Å². The molecule has 0 N–H and O–H groups in total. The number of thioether (sulfide) groups is 1. The molecule has 140 valence electrons. The SMILES string of the molecule is CC(C)Cc1nc(CSc2nc3cc(S(=O)(=O)N(C)C)ccc3o2)no1. The first-order chi connectivity index (χ1) is 12.3.